The van der Waals surface area contributed by atoms with E-state index in [1.807, 2.05) is 30.3 Å². The van der Waals surface area contributed by atoms with Gasteiger partial charge >= 0.3 is 0 Å². The first-order valence-electron chi connectivity index (χ1n) is 6.02. The van der Waals surface area contributed by atoms with Gasteiger partial charge < -0.3 is 15.2 Å². The molecule has 100 valence electrons. The molecule has 0 amide bonds. The summed E-state index contributed by atoms with van der Waals surface area (Å²) in [7, 11) is 0. The van der Waals surface area contributed by atoms with Crippen LogP contribution < -0.4 is 10.1 Å². The maximum atomic E-state index is 9.77. The summed E-state index contributed by atoms with van der Waals surface area (Å²) in [6.45, 7) is 6.54. The molecular formula is C14H20BrNO2. The summed E-state index contributed by atoms with van der Waals surface area (Å²) in [5.41, 5.74) is 0. The zero-order valence-corrected chi connectivity index (χ0v) is 12.2. The van der Waals surface area contributed by atoms with Crippen LogP contribution in [0.4, 0.5) is 0 Å². The summed E-state index contributed by atoms with van der Waals surface area (Å²) in [5.74, 6) is 0.752. The predicted molar refractivity (Wildman–Crippen MR) is 77.9 cm³/mol. The lowest BCUT2D eigenvalue weighted by molar-refractivity contribution is 0.104. The lowest BCUT2D eigenvalue weighted by Crippen LogP contribution is -2.36. The first kappa shape index (κ1) is 15.2. The van der Waals surface area contributed by atoms with Crippen molar-refractivity contribution in [3.63, 3.8) is 0 Å². The second-order valence-electron chi connectivity index (χ2n) is 4.26. The van der Waals surface area contributed by atoms with Crippen LogP contribution in [0.1, 0.15) is 13.3 Å². The molecule has 2 unspecified atom stereocenters. The van der Waals surface area contributed by atoms with Crippen molar-refractivity contribution in [2.24, 2.45) is 0 Å². The van der Waals surface area contributed by atoms with Gasteiger partial charge in [-0.25, -0.2) is 0 Å². The monoisotopic (exact) mass is 313 g/mol. The van der Waals surface area contributed by atoms with E-state index in [1.54, 1.807) is 0 Å². The molecule has 0 saturated heterocycles. The minimum Gasteiger partial charge on any atom is -0.491 e. The molecule has 4 heteroatoms. The summed E-state index contributed by atoms with van der Waals surface area (Å²) < 4.78 is 6.47. The molecule has 18 heavy (non-hydrogen) atoms. The zero-order valence-electron chi connectivity index (χ0n) is 10.6. The summed E-state index contributed by atoms with van der Waals surface area (Å²) >= 11 is 3.37. The normalized spacial score (nSPS) is 13.9. The Morgan fingerprint density at radius 3 is 3.00 bits per heavy atom. The molecule has 2 N–H and O–H groups in total. The van der Waals surface area contributed by atoms with Crippen LogP contribution >= 0.6 is 15.9 Å². The molecule has 0 saturated carbocycles. The number of halogens is 1. The Labute approximate surface area is 117 Å². The number of ether oxygens (including phenoxy) is 1. The highest BCUT2D eigenvalue weighted by Gasteiger charge is 2.07. The topological polar surface area (TPSA) is 41.5 Å². The molecule has 1 rings (SSSR count). The summed E-state index contributed by atoms with van der Waals surface area (Å²) in [4.78, 5) is 0. The quantitative estimate of drug-likeness (QED) is 0.725. The van der Waals surface area contributed by atoms with Crippen molar-refractivity contribution in [3.8, 4) is 5.75 Å². The van der Waals surface area contributed by atoms with Crippen molar-refractivity contribution in [1.29, 1.82) is 0 Å². The Balaban J connectivity index is 2.24. The van der Waals surface area contributed by atoms with Crippen LogP contribution in [0.25, 0.3) is 0 Å². The number of hydrogen-bond donors (Lipinski definition) is 2. The second kappa shape index (κ2) is 8.29. The minimum atomic E-state index is -0.517. The van der Waals surface area contributed by atoms with Crippen molar-refractivity contribution < 1.29 is 9.84 Å². The van der Waals surface area contributed by atoms with E-state index in [0.717, 1.165) is 16.6 Å². The van der Waals surface area contributed by atoms with Crippen LogP contribution in [-0.4, -0.2) is 30.4 Å². The number of hydrogen-bond acceptors (Lipinski definition) is 3. The van der Waals surface area contributed by atoms with Crippen LogP contribution in [0, 0.1) is 0 Å². The minimum absolute atomic E-state index is 0.282. The largest absolute Gasteiger partial charge is 0.491 e. The van der Waals surface area contributed by atoms with Crippen LogP contribution in [0.5, 0.6) is 5.75 Å². The molecule has 0 fully saturated rings. The Hall–Kier alpha value is -0.840. The first-order chi connectivity index (χ1) is 8.61. The van der Waals surface area contributed by atoms with E-state index in [4.69, 9.17) is 4.74 Å². The molecule has 0 bridgehead atoms. The van der Waals surface area contributed by atoms with Crippen molar-refractivity contribution >= 4 is 15.9 Å². The molecule has 2 atom stereocenters. The van der Waals surface area contributed by atoms with Gasteiger partial charge in [-0.1, -0.05) is 28.1 Å². The van der Waals surface area contributed by atoms with Gasteiger partial charge in [-0.3, -0.25) is 0 Å². The average Bonchev–Trinajstić information content (AvgIpc) is 2.34. The SMILES string of the molecule is C=CCC(C)NCC(O)COc1cccc(Br)c1. The van der Waals surface area contributed by atoms with Gasteiger partial charge in [-0.2, -0.15) is 0 Å². The number of rotatable bonds is 8. The molecule has 0 aliphatic carbocycles. The molecule has 0 aliphatic rings. The molecule has 0 aliphatic heterocycles. The summed E-state index contributed by atoms with van der Waals surface area (Å²) in [5, 5.41) is 13.0. The molecule has 3 nitrogen and oxygen atoms in total. The van der Waals surface area contributed by atoms with Crippen LogP contribution in [0.2, 0.25) is 0 Å². The summed E-state index contributed by atoms with van der Waals surface area (Å²) in [6.07, 6.45) is 2.23. The molecule has 1 aromatic carbocycles. The number of aliphatic hydroxyl groups is 1. The van der Waals surface area contributed by atoms with Crippen molar-refractivity contribution in [2.75, 3.05) is 13.2 Å². The zero-order chi connectivity index (χ0) is 13.4. The molecule has 0 aromatic heterocycles. The fraction of sp³-hybridized carbons (Fsp3) is 0.429. The molecular weight excluding hydrogens is 294 g/mol. The van der Waals surface area contributed by atoms with Crippen molar-refractivity contribution in [2.45, 2.75) is 25.5 Å². The van der Waals surface area contributed by atoms with E-state index >= 15 is 0 Å². The third kappa shape index (κ3) is 6.19. The third-order valence-electron chi connectivity index (χ3n) is 2.46. The van der Waals surface area contributed by atoms with E-state index < -0.39 is 6.10 Å². The lowest BCUT2D eigenvalue weighted by atomic mass is 10.2. The van der Waals surface area contributed by atoms with Gasteiger partial charge in [-0.05, 0) is 31.5 Å². The van der Waals surface area contributed by atoms with Gasteiger partial charge in [0.05, 0.1) is 0 Å². The fourth-order valence-electron chi connectivity index (χ4n) is 1.48. The second-order valence-corrected chi connectivity index (χ2v) is 5.17. The van der Waals surface area contributed by atoms with Crippen LogP contribution in [-0.2, 0) is 0 Å². The first-order valence-corrected chi connectivity index (χ1v) is 6.82. The van der Waals surface area contributed by atoms with Gasteiger partial charge in [0.15, 0.2) is 0 Å². The number of benzene rings is 1. The number of nitrogens with one attached hydrogen (secondary N) is 1. The Bertz CT molecular complexity index is 371. The number of aliphatic hydroxyl groups excluding tert-OH is 1. The highest BCUT2D eigenvalue weighted by atomic mass is 79.9. The smallest absolute Gasteiger partial charge is 0.120 e. The van der Waals surface area contributed by atoms with Crippen molar-refractivity contribution in [3.05, 3.63) is 41.4 Å². The van der Waals surface area contributed by atoms with Gasteiger partial charge in [-0.15, -0.1) is 6.58 Å². The van der Waals surface area contributed by atoms with Crippen LogP contribution in [0.3, 0.4) is 0 Å². The fourth-order valence-corrected chi connectivity index (χ4v) is 1.86. The molecule has 0 spiro atoms. The Morgan fingerprint density at radius 1 is 1.56 bits per heavy atom. The van der Waals surface area contributed by atoms with E-state index in [2.05, 4.69) is 34.7 Å². The maximum absolute atomic E-state index is 9.77. The van der Waals surface area contributed by atoms with E-state index in [-0.39, 0.29) is 6.61 Å². The van der Waals surface area contributed by atoms with Gasteiger partial charge in [0.2, 0.25) is 0 Å². The van der Waals surface area contributed by atoms with Gasteiger partial charge in [0.25, 0.3) is 0 Å². The van der Waals surface area contributed by atoms with Gasteiger partial charge in [0.1, 0.15) is 18.5 Å². The maximum Gasteiger partial charge on any atom is 0.120 e. The highest BCUT2D eigenvalue weighted by molar-refractivity contribution is 9.10. The van der Waals surface area contributed by atoms with Crippen LogP contribution in [0.15, 0.2) is 41.4 Å². The highest BCUT2D eigenvalue weighted by Crippen LogP contribution is 2.17. The van der Waals surface area contributed by atoms with E-state index in [0.29, 0.717) is 12.6 Å². The summed E-state index contributed by atoms with van der Waals surface area (Å²) in [6, 6.07) is 7.90. The van der Waals surface area contributed by atoms with Gasteiger partial charge in [0, 0.05) is 17.1 Å². The lowest BCUT2D eigenvalue weighted by Gasteiger charge is -2.16. The van der Waals surface area contributed by atoms with E-state index in [1.165, 1.54) is 0 Å². The van der Waals surface area contributed by atoms with E-state index in [9.17, 15) is 5.11 Å². The standard InChI is InChI=1S/C14H20BrNO2/c1-3-5-11(2)16-9-13(17)10-18-14-7-4-6-12(15)8-14/h3-4,6-8,11,13,16-17H,1,5,9-10H2,2H3. The Morgan fingerprint density at radius 2 is 2.33 bits per heavy atom. The van der Waals surface area contributed by atoms with Crippen molar-refractivity contribution in [1.82, 2.24) is 5.32 Å². The molecule has 0 heterocycles. The average molecular weight is 314 g/mol. The predicted octanol–water partition coefficient (Wildman–Crippen LogP) is 2.74. The third-order valence-corrected chi connectivity index (χ3v) is 2.95. The molecule has 0 radical (unpaired) electrons. The Kier molecular flexibility index (Phi) is 7.01. The molecule has 1 aromatic rings.